The maximum absolute atomic E-state index is 12.6. The third-order valence-corrected chi connectivity index (χ3v) is 6.72. The van der Waals surface area contributed by atoms with Crippen molar-refractivity contribution >= 4 is 18.0 Å². The molecule has 2 aromatic rings. The van der Waals surface area contributed by atoms with Crippen LogP contribution < -0.4 is 10.6 Å². The number of amides is 2. The number of carbonyl (C=O) groups is 3. The summed E-state index contributed by atoms with van der Waals surface area (Å²) in [5.74, 6) is -1.14. The summed E-state index contributed by atoms with van der Waals surface area (Å²) in [5, 5.41) is 14.4. The van der Waals surface area contributed by atoms with Gasteiger partial charge in [-0.25, -0.2) is 4.79 Å². The van der Waals surface area contributed by atoms with Crippen molar-refractivity contribution in [1.29, 1.82) is 0 Å². The van der Waals surface area contributed by atoms with E-state index in [2.05, 4.69) is 34.9 Å². The standard InChI is InChI=1S/C27H32N2O6/c30-25(31)12-14-34-15-13-28-26(32)18-6-5-7-19(16-18)29-27(33)35-17-24-22-10-3-1-8-20(22)21-9-2-4-11-23(21)24/h1-4,8-11,18-19,24H,5-7,12-17H2,(H,28,32)(H,29,33)(H,30,31)/t18-,19-/m1/s1. The highest BCUT2D eigenvalue weighted by molar-refractivity contribution is 5.80. The van der Waals surface area contributed by atoms with Gasteiger partial charge in [0.2, 0.25) is 5.91 Å². The van der Waals surface area contributed by atoms with Crippen LogP contribution in [0.25, 0.3) is 11.1 Å². The number of ether oxygens (including phenoxy) is 2. The van der Waals surface area contributed by atoms with E-state index in [1.54, 1.807) is 0 Å². The summed E-state index contributed by atoms with van der Waals surface area (Å²) in [6.07, 6.45) is 2.49. The molecular formula is C27H32N2O6. The van der Waals surface area contributed by atoms with Crippen molar-refractivity contribution in [2.45, 2.75) is 44.1 Å². The Morgan fingerprint density at radius 1 is 0.943 bits per heavy atom. The van der Waals surface area contributed by atoms with E-state index >= 15 is 0 Å². The number of carbonyl (C=O) groups excluding carboxylic acids is 2. The van der Waals surface area contributed by atoms with Crippen LogP contribution in [0, 0.1) is 5.92 Å². The molecule has 0 heterocycles. The molecule has 0 aromatic heterocycles. The molecule has 8 heteroatoms. The lowest BCUT2D eigenvalue weighted by Gasteiger charge is -2.29. The molecule has 2 amide bonds. The Labute approximate surface area is 205 Å². The van der Waals surface area contributed by atoms with E-state index in [1.165, 1.54) is 22.3 Å². The lowest BCUT2D eigenvalue weighted by atomic mass is 9.85. The van der Waals surface area contributed by atoms with Crippen LogP contribution in [0.4, 0.5) is 4.79 Å². The Morgan fingerprint density at radius 3 is 2.31 bits per heavy atom. The molecule has 0 bridgehead atoms. The zero-order valence-corrected chi connectivity index (χ0v) is 19.7. The van der Waals surface area contributed by atoms with Crippen molar-refractivity contribution in [3.05, 3.63) is 59.7 Å². The van der Waals surface area contributed by atoms with Crippen molar-refractivity contribution in [1.82, 2.24) is 10.6 Å². The van der Waals surface area contributed by atoms with E-state index < -0.39 is 12.1 Å². The van der Waals surface area contributed by atoms with Gasteiger partial charge in [-0.3, -0.25) is 9.59 Å². The van der Waals surface area contributed by atoms with Crippen LogP contribution in [-0.4, -0.2) is 55.5 Å². The molecule has 2 aromatic carbocycles. The monoisotopic (exact) mass is 480 g/mol. The van der Waals surface area contributed by atoms with E-state index in [9.17, 15) is 14.4 Å². The third-order valence-electron chi connectivity index (χ3n) is 6.72. The van der Waals surface area contributed by atoms with E-state index in [1.807, 2.05) is 24.3 Å². The smallest absolute Gasteiger partial charge is 0.407 e. The molecule has 35 heavy (non-hydrogen) atoms. The molecule has 0 radical (unpaired) electrons. The van der Waals surface area contributed by atoms with Crippen molar-refractivity contribution in [2.24, 2.45) is 5.92 Å². The van der Waals surface area contributed by atoms with Gasteiger partial charge >= 0.3 is 12.1 Å². The number of carboxylic acid groups (broad SMARTS) is 1. The van der Waals surface area contributed by atoms with Crippen molar-refractivity contribution in [3.8, 4) is 11.1 Å². The molecule has 1 saturated carbocycles. The molecule has 1 fully saturated rings. The van der Waals surface area contributed by atoms with Gasteiger partial charge in [-0.1, -0.05) is 55.0 Å². The van der Waals surface area contributed by atoms with Crippen molar-refractivity contribution in [3.63, 3.8) is 0 Å². The van der Waals surface area contributed by atoms with Gasteiger partial charge in [0.1, 0.15) is 6.61 Å². The zero-order valence-electron chi connectivity index (χ0n) is 19.7. The summed E-state index contributed by atoms with van der Waals surface area (Å²) in [7, 11) is 0. The van der Waals surface area contributed by atoms with E-state index in [0.717, 1.165) is 19.3 Å². The van der Waals surface area contributed by atoms with Crippen LogP contribution in [0.5, 0.6) is 0 Å². The molecule has 2 aliphatic rings. The van der Waals surface area contributed by atoms with E-state index in [4.69, 9.17) is 14.6 Å². The molecule has 0 saturated heterocycles. The van der Waals surface area contributed by atoms with Crippen LogP contribution in [0.1, 0.15) is 49.1 Å². The average molecular weight is 481 g/mol. The van der Waals surface area contributed by atoms with Gasteiger partial charge in [-0.05, 0) is 41.5 Å². The number of hydrogen-bond donors (Lipinski definition) is 3. The molecule has 0 spiro atoms. The summed E-state index contributed by atoms with van der Waals surface area (Å²) in [5.41, 5.74) is 4.71. The third kappa shape index (κ3) is 6.39. The highest BCUT2D eigenvalue weighted by Crippen LogP contribution is 2.44. The first-order chi connectivity index (χ1) is 17.0. The number of aliphatic carboxylic acids is 1. The first kappa shape index (κ1) is 24.7. The predicted octanol–water partition coefficient (Wildman–Crippen LogP) is 3.69. The van der Waals surface area contributed by atoms with Crippen LogP contribution in [0.15, 0.2) is 48.5 Å². The van der Waals surface area contributed by atoms with Gasteiger partial charge in [-0.2, -0.15) is 0 Å². The van der Waals surface area contributed by atoms with E-state index in [0.29, 0.717) is 13.0 Å². The first-order valence-corrected chi connectivity index (χ1v) is 12.2. The number of nitrogens with one attached hydrogen (secondary N) is 2. The fourth-order valence-electron chi connectivity index (χ4n) is 5.02. The molecule has 4 rings (SSSR count). The minimum atomic E-state index is -0.911. The summed E-state index contributed by atoms with van der Waals surface area (Å²) in [4.78, 5) is 35.6. The molecule has 0 unspecified atom stereocenters. The topological polar surface area (TPSA) is 114 Å². The fraction of sp³-hybridized carbons (Fsp3) is 0.444. The lowest BCUT2D eigenvalue weighted by molar-refractivity contribution is -0.138. The quantitative estimate of drug-likeness (QED) is 0.447. The normalized spacial score (nSPS) is 18.9. The minimum absolute atomic E-state index is 0.00995. The van der Waals surface area contributed by atoms with Gasteiger partial charge in [0.05, 0.1) is 19.6 Å². The maximum atomic E-state index is 12.6. The second kappa shape index (κ2) is 11.8. The molecule has 186 valence electrons. The van der Waals surface area contributed by atoms with Crippen LogP contribution in [0.2, 0.25) is 0 Å². The van der Waals surface area contributed by atoms with Crippen LogP contribution in [0.3, 0.4) is 0 Å². The second-order valence-corrected chi connectivity index (χ2v) is 9.08. The Balaban J connectivity index is 1.22. The lowest BCUT2D eigenvalue weighted by Crippen LogP contribution is -2.43. The van der Waals surface area contributed by atoms with Gasteiger partial charge in [-0.15, -0.1) is 0 Å². The zero-order chi connectivity index (χ0) is 24.6. The number of benzene rings is 2. The molecule has 3 N–H and O–H groups in total. The summed E-state index contributed by atoms with van der Waals surface area (Å²) >= 11 is 0. The molecule has 8 nitrogen and oxygen atoms in total. The Morgan fingerprint density at radius 2 is 1.63 bits per heavy atom. The number of rotatable bonds is 10. The fourth-order valence-corrected chi connectivity index (χ4v) is 5.02. The summed E-state index contributed by atoms with van der Waals surface area (Å²) in [6, 6.07) is 16.3. The summed E-state index contributed by atoms with van der Waals surface area (Å²) < 4.78 is 10.8. The molecule has 2 aliphatic carbocycles. The highest BCUT2D eigenvalue weighted by atomic mass is 16.5. The number of fused-ring (bicyclic) bond motifs is 3. The maximum Gasteiger partial charge on any atom is 0.407 e. The molecular weight excluding hydrogens is 448 g/mol. The number of hydrogen-bond acceptors (Lipinski definition) is 5. The number of alkyl carbamates (subject to hydrolysis) is 1. The predicted molar refractivity (Wildman–Crippen MR) is 130 cm³/mol. The minimum Gasteiger partial charge on any atom is -0.481 e. The van der Waals surface area contributed by atoms with Gasteiger partial charge in [0.15, 0.2) is 0 Å². The van der Waals surface area contributed by atoms with Crippen LogP contribution in [-0.2, 0) is 19.1 Å². The number of carboxylic acids is 1. The first-order valence-electron chi connectivity index (χ1n) is 12.2. The average Bonchev–Trinajstić information content (AvgIpc) is 3.18. The van der Waals surface area contributed by atoms with Gasteiger partial charge in [0, 0.05) is 24.4 Å². The largest absolute Gasteiger partial charge is 0.481 e. The van der Waals surface area contributed by atoms with Crippen molar-refractivity contribution < 1.29 is 29.0 Å². The highest BCUT2D eigenvalue weighted by Gasteiger charge is 2.31. The second-order valence-electron chi connectivity index (χ2n) is 9.08. The van der Waals surface area contributed by atoms with E-state index in [-0.39, 0.29) is 50.0 Å². The Bertz CT molecular complexity index is 1010. The van der Waals surface area contributed by atoms with Crippen LogP contribution >= 0.6 is 0 Å². The summed E-state index contributed by atoms with van der Waals surface area (Å²) in [6.45, 7) is 0.992. The van der Waals surface area contributed by atoms with Gasteiger partial charge < -0.3 is 25.2 Å². The molecule has 2 atom stereocenters. The van der Waals surface area contributed by atoms with Crippen molar-refractivity contribution in [2.75, 3.05) is 26.4 Å². The SMILES string of the molecule is O=C(O)CCOCCNC(=O)[C@@H]1CCC[C@@H](NC(=O)OCC2c3ccccc3-c3ccccc32)C1. The molecule has 0 aliphatic heterocycles. The Kier molecular flexibility index (Phi) is 8.36. The van der Waals surface area contributed by atoms with Gasteiger partial charge in [0.25, 0.3) is 0 Å². The Hall–Kier alpha value is -3.39.